The van der Waals surface area contributed by atoms with E-state index in [4.69, 9.17) is 0 Å². The quantitative estimate of drug-likeness (QED) is 0.848. The van der Waals surface area contributed by atoms with E-state index in [-0.39, 0.29) is 10.9 Å². The third-order valence-electron chi connectivity index (χ3n) is 3.70. The van der Waals surface area contributed by atoms with E-state index >= 15 is 0 Å². The minimum atomic E-state index is -3.77. The van der Waals surface area contributed by atoms with Crippen molar-refractivity contribution in [3.05, 3.63) is 29.6 Å². The van der Waals surface area contributed by atoms with Gasteiger partial charge in [0.25, 0.3) is 0 Å². The van der Waals surface area contributed by atoms with Gasteiger partial charge in [-0.25, -0.2) is 17.5 Å². The Morgan fingerprint density at radius 3 is 2.52 bits per heavy atom. The van der Waals surface area contributed by atoms with E-state index in [1.54, 1.807) is 6.07 Å². The SMILES string of the molecule is CC1CC(NS(=O)(=O)c2ccc(CNC(C)C)cc2F)C1. The Morgan fingerprint density at radius 2 is 2.00 bits per heavy atom. The van der Waals surface area contributed by atoms with Crippen molar-refractivity contribution in [2.75, 3.05) is 0 Å². The van der Waals surface area contributed by atoms with Crippen LogP contribution in [-0.2, 0) is 16.6 Å². The van der Waals surface area contributed by atoms with Crippen LogP contribution < -0.4 is 10.0 Å². The molecule has 6 heteroatoms. The lowest BCUT2D eigenvalue weighted by Crippen LogP contribution is -2.43. The first kappa shape index (κ1) is 16.4. The molecule has 0 heterocycles. The van der Waals surface area contributed by atoms with Crippen molar-refractivity contribution in [2.45, 2.75) is 57.1 Å². The summed E-state index contributed by atoms with van der Waals surface area (Å²) in [5.74, 6) is -0.162. The number of hydrogen-bond donors (Lipinski definition) is 2. The third kappa shape index (κ3) is 4.25. The fourth-order valence-electron chi connectivity index (χ4n) is 2.48. The fraction of sp³-hybridized carbons (Fsp3) is 0.600. The predicted molar refractivity (Wildman–Crippen MR) is 80.9 cm³/mol. The van der Waals surface area contributed by atoms with Crippen LogP contribution in [0.1, 0.15) is 39.2 Å². The van der Waals surface area contributed by atoms with Gasteiger partial charge in [-0.05, 0) is 36.5 Å². The predicted octanol–water partition coefficient (Wildman–Crippen LogP) is 2.40. The summed E-state index contributed by atoms with van der Waals surface area (Å²) in [4.78, 5) is -0.268. The second kappa shape index (κ2) is 6.42. The summed E-state index contributed by atoms with van der Waals surface area (Å²) in [6, 6.07) is 4.51. The van der Waals surface area contributed by atoms with Gasteiger partial charge in [-0.2, -0.15) is 0 Å². The highest BCUT2D eigenvalue weighted by molar-refractivity contribution is 7.89. The van der Waals surface area contributed by atoms with Crippen LogP contribution in [0.25, 0.3) is 0 Å². The van der Waals surface area contributed by atoms with Gasteiger partial charge in [-0.15, -0.1) is 0 Å². The van der Waals surface area contributed by atoms with E-state index in [0.29, 0.717) is 18.5 Å². The number of hydrogen-bond acceptors (Lipinski definition) is 3. The minimum absolute atomic E-state index is 0.0633. The Bertz CT molecular complexity index is 596. The Hall–Kier alpha value is -0.980. The second-order valence-corrected chi connectivity index (χ2v) is 7.88. The lowest BCUT2D eigenvalue weighted by atomic mass is 9.83. The molecule has 118 valence electrons. The number of halogens is 1. The van der Waals surface area contributed by atoms with Crippen molar-refractivity contribution in [3.63, 3.8) is 0 Å². The zero-order valence-corrected chi connectivity index (χ0v) is 13.5. The highest BCUT2D eigenvalue weighted by Crippen LogP contribution is 2.28. The van der Waals surface area contributed by atoms with Gasteiger partial charge in [-0.1, -0.05) is 26.8 Å². The second-order valence-electron chi connectivity index (χ2n) is 6.20. The lowest BCUT2D eigenvalue weighted by molar-refractivity contribution is 0.270. The number of rotatable bonds is 6. The van der Waals surface area contributed by atoms with Gasteiger partial charge in [0, 0.05) is 18.6 Å². The zero-order chi connectivity index (χ0) is 15.6. The number of nitrogens with one attached hydrogen (secondary N) is 2. The zero-order valence-electron chi connectivity index (χ0n) is 12.7. The first-order valence-electron chi connectivity index (χ1n) is 7.32. The van der Waals surface area contributed by atoms with Crippen LogP contribution in [0.2, 0.25) is 0 Å². The highest BCUT2D eigenvalue weighted by Gasteiger charge is 2.31. The van der Waals surface area contributed by atoms with Gasteiger partial charge in [0.1, 0.15) is 10.7 Å². The van der Waals surface area contributed by atoms with E-state index in [1.165, 1.54) is 12.1 Å². The molecule has 2 rings (SSSR count). The molecule has 0 bridgehead atoms. The molecule has 1 aliphatic carbocycles. The van der Waals surface area contributed by atoms with Gasteiger partial charge in [0.05, 0.1) is 0 Å². The smallest absolute Gasteiger partial charge is 0.243 e. The summed E-state index contributed by atoms with van der Waals surface area (Å²) in [5, 5.41) is 3.17. The molecule has 1 fully saturated rings. The van der Waals surface area contributed by atoms with Crippen LogP contribution >= 0.6 is 0 Å². The van der Waals surface area contributed by atoms with Crippen molar-refractivity contribution in [2.24, 2.45) is 5.92 Å². The van der Waals surface area contributed by atoms with E-state index in [2.05, 4.69) is 17.0 Å². The van der Waals surface area contributed by atoms with Crippen LogP contribution in [0.5, 0.6) is 0 Å². The monoisotopic (exact) mass is 314 g/mol. The van der Waals surface area contributed by atoms with Gasteiger partial charge in [0.2, 0.25) is 10.0 Å². The van der Waals surface area contributed by atoms with E-state index in [0.717, 1.165) is 18.4 Å². The van der Waals surface area contributed by atoms with Gasteiger partial charge in [0.15, 0.2) is 0 Å². The Labute approximate surface area is 126 Å². The van der Waals surface area contributed by atoms with E-state index in [1.807, 2.05) is 13.8 Å². The molecule has 21 heavy (non-hydrogen) atoms. The van der Waals surface area contributed by atoms with E-state index < -0.39 is 15.8 Å². The molecule has 0 aliphatic heterocycles. The molecule has 0 aromatic heterocycles. The summed E-state index contributed by atoms with van der Waals surface area (Å²) in [6.45, 7) is 6.59. The van der Waals surface area contributed by atoms with Crippen LogP contribution in [0, 0.1) is 11.7 Å². The van der Waals surface area contributed by atoms with Crippen molar-refractivity contribution in [1.29, 1.82) is 0 Å². The molecular formula is C15H23FN2O2S. The number of sulfonamides is 1. The Kier molecular flexibility index (Phi) is 5.01. The Balaban J connectivity index is 2.08. The molecule has 1 aromatic rings. The summed E-state index contributed by atoms with van der Waals surface area (Å²) < 4.78 is 41.0. The third-order valence-corrected chi connectivity index (χ3v) is 5.25. The molecule has 1 saturated carbocycles. The first-order chi connectivity index (χ1) is 9.78. The van der Waals surface area contributed by atoms with Crippen molar-refractivity contribution >= 4 is 10.0 Å². The largest absolute Gasteiger partial charge is 0.310 e. The summed E-state index contributed by atoms with van der Waals surface area (Å²) >= 11 is 0. The van der Waals surface area contributed by atoms with Crippen LogP contribution in [0.3, 0.4) is 0 Å². The van der Waals surface area contributed by atoms with Crippen molar-refractivity contribution in [1.82, 2.24) is 10.0 Å². The average molecular weight is 314 g/mol. The Morgan fingerprint density at radius 1 is 1.33 bits per heavy atom. The normalized spacial score (nSPS) is 22.3. The van der Waals surface area contributed by atoms with E-state index in [9.17, 15) is 12.8 Å². The summed E-state index contributed by atoms with van der Waals surface area (Å²) in [5.41, 5.74) is 0.734. The molecule has 0 spiro atoms. The van der Waals surface area contributed by atoms with Gasteiger partial charge < -0.3 is 5.32 Å². The summed E-state index contributed by atoms with van der Waals surface area (Å²) in [6.07, 6.45) is 1.63. The topological polar surface area (TPSA) is 58.2 Å². The highest BCUT2D eigenvalue weighted by atomic mass is 32.2. The molecule has 1 aliphatic rings. The minimum Gasteiger partial charge on any atom is -0.310 e. The molecule has 0 unspecified atom stereocenters. The lowest BCUT2D eigenvalue weighted by Gasteiger charge is -2.32. The van der Waals surface area contributed by atoms with Crippen molar-refractivity contribution < 1.29 is 12.8 Å². The molecular weight excluding hydrogens is 291 g/mol. The number of benzene rings is 1. The van der Waals surface area contributed by atoms with Crippen LogP contribution in [0.4, 0.5) is 4.39 Å². The molecule has 2 N–H and O–H groups in total. The standard InChI is InChI=1S/C15H23FN2O2S/c1-10(2)17-9-12-4-5-15(14(16)8-12)21(19,20)18-13-6-11(3)7-13/h4-5,8,10-11,13,17-18H,6-7,9H2,1-3H3. The van der Waals surface area contributed by atoms with Crippen LogP contribution in [-0.4, -0.2) is 20.5 Å². The molecule has 0 amide bonds. The fourth-order valence-corrected chi connectivity index (χ4v) is 3.80. The average Bonchev–Trinajstić information content (AvgIpc) is 2.34. The molecule has 4 nitrogen and oxygen atoms in total. The van der Waals surface area contributed by atoms with Gasteiger partial charge >= 0.3 is 0 Å². The summed E-state index contributed by atoms with van der Waals surface area (Å²) in [7, 11) is -3.77. The maximum absolute atomic E-state index is 14.1. The molecule has 0 radical (unpaired) electrons. The maximum Gasteiger partial charge on any atom is 0.243 e. The molecule has 1 aromatic carbocycles. The molecule has 0 atom stereocenters. The molecule has 0 saturated heterocycles. The first-order valence-corrected chi connectivity index (χ1v) is 8.80. The maximum atomic E-state index is 14.1. The van der Waals surface area contributed by atoms with Gasteiger partial charge in [-0.3, -0.25) is 0 Å². The van der Waals surface area contributed by atoms with Crippen LogP contribution in [0.15, 0.2) is 23.1 Å². The van der Waals surface area contributed by atoms with Crippen molar-refractivity contribution in [3.8, 4) is 0 Å².